The quantitative estimate of drug-likeness (QED) is 0.888. The minimum atomic E-state index is -4.43. The number of hydrogen-bond donors (Lipinski definition) is 1. The van der Waals surface area contributed by atoms with Crippen LogP contribution in [0.15, 0.2) is 24.3 Å². The number of benzene rings is 1. The second-order valence-corrected chi connectivity index (χ2v) is 5.91. The Morgan fingerprint density at radius 1 is 1.17 bits per heavy atom. The van der Waals surface area contributed by atoms with Crippen LogP contribution in [-0.4, -0.2) is 55.4 Å². The number of para-hydroxylation sites is 2. The zero-order valence-corrected chi connectivity index (χ0v) is 13.6. The highest BCUT2D eigenvalue weighted by atomic mass is 19.4. The highest BCUT2D eigenvalue weighted by Gasteiger charge is 2.29. The average molecular weight is 346 g/mol. The molecule has 1 aliphatic rings. The number of halogens is 3. The Morgan fingerprint density at radius 2 is 1.71 bits per heavy atom. The van der Waals surface area contributed by atoms with Gasteiger partial charge in [0.1, 0.15) is 0 Å². The fourth-order valence-corrected chi connectivity index (χ4v) is 2.61. The lowest BCUT2D eigenvalue weighted by Crippen LogP contribution is -2.56. The Bertz CT molecular complexity index is 556. The smallest absolute Gasteiger partial charge is 0.422 e. The highest BCUT2D eigenvalue weighted by molar-refractivity contribution is 5.78. The van der Waals surface area contributed by atoms with Crippen LogP contribution in [0.2, 0.25) is 0 Å². The summed E-state index contributed by atoms with van der Waals surface area (Å²) in [7, 11) is 0. The Labute approximate surface area is 138 Å². The molecule has 0 radical (unpaired) electrons. The van der Waals surface area contributed by atoms with E-state index in [-0.39, 0.29) is 36.1 Å². The lowest BCUT2D eigenvalue weighted by Gasteiger charge is -2.36. The van der Waals surface area contributed by atoms with Crippen LogP contribution in [0.4, 0.5) is 13.2 Å². The van der Waals surface area contributed by atoms with Crippen molar-refractivity contribution in [2.75, 3.05) is 26.3 Å². The molecule has 1 N–H and O–H groups in total. The predicted octanol–water partition coefficient (Wildman–Crippen LogP) is 2.22. The Morgan fingerprint density at radius 3 is 2.25 bits per heavy atom. The number of carbonyl (C=O) groups excluding carboxylic acids is 1. The maximum atomic E-state index is 12.3. The van der Waals surface area contributed by atoms with Gasteiger partial charge in [-0.2, -0.15) is 13.2 Å². The molecule has 0 saturated carbocycles. The van der Waals surface area contributed by atoms with Crippen molar-refractivity contribution in [2.24, 2.45) is 0 Å². The minimum Gasteiger partial charge on any atom is -0.480 e. The molecule has 0 aliphatic carbocycles. The molecule has 1 aromatic carbocycles. The molecule has 1 amide bonds. The molecule has 1 saturated heterocycles. The Kier molecular flexibility index (Phi) is 5.93. The van der Waals surface area contributed by atoms with Crippen LogP contribution in [0.5, 0.6) is 11.5 Å². The van der Waals surface area contributed by atoms with E-state index in [0.29, 0.717) is 13.1 Å². The van der Waals surface area contributed by atoms with Crippen molar-refractivity contribution >= 4 is 5.91 Å². The van der Waals surface area contributed by atoms with Gasteiger partial charge in [-0.3, -0.25) is 4.79 Å². The molecule has 24 heavy (non-hydrogen) atoms. The van der Waals surface area contributed by atoms with Gasteiger partial charge in [-0.15, -0.1) is 0 Å². The van der Waals surface area contributed by atoms with Crippen LogP contribution in [0.25, 0.3) is 0 Å². The number of rotatable bonds is 5. The summed E-state index contributed by atoms with van der Waals surface area (Å²) in [5.74, 6) is -0.128. The normalized spacial score (nSPS) is 21.5. The van der Waals surface area contributed by atoms with E-state index >= 15 is 0 Å². The van der Waals surface area contributed by atoms with Gasteiger partial charge in [-0.1, -0.05) is 12.1 Å². The summed E-state index contributed by atoms with van der Waals surface area (Å²) in [5, 5.41) is 3.32. The molecule has 1 fully saturated rings. The van der Waals surface area contributed by atoms with Crippen LogP contribution >= 0.6 is 0 Å². The first-order valence-electron chi connectivity index (χ1n) is 7.70. The zero-order chi connectivity index (χ0) is 17.7. The van der Waals surface area contributed by atoms with Crippen molar-refractivity contribution < 1.29 is 27.4 Å². The average Bonchev–Trinajstić information content (AvgIpc) is 2.49. The fraction of sp³-hybridized carbons (Fsp3) is 0.562. The van der Waals surface area contributed by atoms with Crippen LogP contribution in [0.1, 0.15) is 13.8 Å². The number of carbonyl (C=O) groups is 1. The number of amides is 1. The summed E-state index contributed by atoms with van der Waals surface area (Å²) < 4.78 is 46.9. The van der Waals surface area contributed by atoms with Crippen molar-refractivity contribution in [3.8, 4) is 11.5 Å². The first-order valence-corrected chi connectivity index (χ1v) is 7.70. The fourth-order valence-electron chi connectivity index (χ4n) is 2.61. The number of piperazine rings is 1. The summed E-state index contributed by atoms with van der Waals surface area (Å²) in [4.78, 5) is 13.9. The molecule has 1 heterocycles. The molecule has 134 valence electrons. The van der Waals surface area contributed by atoms with Gasteiger partial charge in [0.05, 0.1) is 0 Å². The van der Waals surface area contributed by atoms with E-state index < -0.39 is 12.8 Å². The molecule has 0 unspecified atom stereocenters. The van der Waals surface area contributed by atoms with Gasteiger partial charge >= 0.3 is 6.18 Å². The molecule has 2 atom stereocenters. The summed E-state index contributed by atoms with van der Waals surface area (Å²) in [6.45, 7) is 3.45. The minimum absolute atomic E-state index is 0.0373. The molecule has 5 nitrogen and oxygen atoms in total. The van der Waals surface area contributed by atoms with Crippen molar-refractivity contribution in [3.63, 3.8) is 0 Å². The first kappa shape index (κ1) is 18.4. The second-order valence-electron chi connectivity index (χ2n) is 5.91. The van der Waals surface area contributed by atoms with E-state index in [1.54, 1.807) is 17.0 Å². The number of ether oxygens (including phenoxy) is 2. The number of nitrogens with zero attached hydrogens (tertiary/aromatic N) is 1. The van der Waals surface area contributed by atoms with Crippen LogP contribution in [-0.2, 0) is 4.79 Å². The maximum Gasteiger partial charge on any atom is 0.422 e. The lowest BCUT2D eigenvalue weighted by atomic mass is 10.1. The van der Waals surface area contributed by atoms with E-state index in [1.165, 1.54) is 12.1 Å². The first-order chi connectivity index (χ1) is 11.2. The van der Waals surface area contributed by atoms with Crippen molar-refractivity contribution in [3.05, 3.63) is 24.3 Å². The van der Waals surface area contributed by atoms with Gasteiger partial charge in [0.25, 0.3) is 5.91 Å². The monoisotopic (exact) mass is 346 g/mol. The number of alkyl halides is 3. The number of hydrogen-bond acceptors (Lipinski definition) is 4. The van der Waals surface area contributed by atoms with Crippen LogP contribution in [0.3, 0.4) is 0 Å². The molecule has 1 aromatic rings. The maximum absolute atomic E-state index is 12.3. The van der Waals surface area contributed by atoms with E-state index in [2.05, 4.69) is 5.32 Å². The van der Waals surface area contributed by atoms with Gasteiger partial charge in [0.2, 0.25) is 0 Å². The molecule has 0 spiro atoms. The Hall–Kier alpha value is -1.96. The predicted molar refractivity (Wildman–Crippen MR) is 82.1 cm³/mol. The van der Waals surface area contributed by atoms with E-state index in [0.717, 1.165) is 0 Å². The summed E-state index contributed by atoms with van der Waals surface area (Å²) in [5.41, 5.74) is 0. The topological polar surface area (TPSA) is 50.8 Å². The van der Waals surface area contributed by atoms with Crippen molar-refractivity contribution in [1.82, 2.24) is 10.2 Å². The molecule has 8 heteroatoms. The zero-order valence-electron chi connectivity index (χ0n) is 13.6. The summed E-state index contributed by atoms with van der Waals surface area (Å²) in [6, 6.07) is 6.36. The van der Waals surface area contributed by atoms with Gasteiger partial charge in [-0.25, -0.2) is 0 Å². The highest BCUT2D eigenvalue weighted by Crippen LogP contribution is 2.28. The molecular weight excluding hydrogens is 325 g/mol. The second kappa shape index (κ2) is 7.74. The molecule has 2 rings (SSSR count). The molecule has 0 aromatic heterocycles. The molecule has 1 aliphatic heterocycles. The largest absolute Gasteiger partial charge is 0.480 e. The third kappa shape index (κ3) is 5.59. The lowest BCUT2D eigenvalue weighted by molar-refractivity contribution is -0.153. The third-order valence-electron chi connectivity index (χ3n) is 3.50. The van der Waals surface area contributed by atoms with Gasteiger partial charge < -0.3 is 19.7 Å². The van der Waals surface area contributed by atoms with E-state index in [4.69, 9.17) is 9.47 Å². The summed E-state index contributed by atoms with van der Waals surface area (Å²) >= 11 is 0. The number of nitrogens with one attached hydrogen (secondary N) is 1. The van der Waals surface area contributed by atoms with Crippen molar-refractivity contribution in [2.45, 2.75) is 32.1 Å². The molecular formula is C16H21F3N2O3. The van der Waals surface area contributed by atoms with Gasteiger partial charge in [0.15, 0.2) is 24.7 Å². The van der Waals surface area contributed by atoms with Gasteiger partial charge in [-0.05, 0) is 26.0 Å². The molecule has 0 bridgehead atoms. The summed E-state index contributed by atoms with van der Waals surface area (Å²) in [6.07, 6.45) is -4.43. The SMILES string of the molecule is C[C@@H]1CN(C(=O)COc2ccccc2OCC(F)(F)F)C[C@H](C)N1. The van der Waals surface area contributed by atoms with E-state index in [9.17, 15) is 18.0 Å². The van der Waals surface area contributed by atoms with E-state index in [1.807, 2.05) is 13.8 Å². The van der Waals surface area contributed by atoms with Crippen LogP contribution in [0, 0.1) is 0 Å². The Balaban J connectivity index is 1.93. The van der Waals surface area contributed by atoms with Crippen LogP contribution < -0.4 is 14.8 Å². The standard InChI is InChI=1S/C16H21F3N2O3/c1-11-7-21(8-12(2)20-11)15(22)9-23-13-5-3-4-6-14(13)24-10-16(17,18)19/h3-6,11-12,20H,7-10H2,1-2H3/t11-,12+. The third-order valence-corrected chi connectivity index (χ3v) is 3.50. The van der Waals surface area contributed by atoms with Crippen molar-refractivity contribution in [1.29, 1.82) is 0 Å². The van der Waals surface area contributed by atoms with Gasteiger partial charge in [0, 0.05) is 25.2 Å².